The lowest BCUT2D eigenvalue weighted by atomic mass is 9.84. The molecule has 0 amide bonds. The molecular weight excluding hydrogens is 312 g/mol. The smallest absolute Gasteiger partial charge is 0.338 e. The van der Waals surface area contributed by atoms with Gasteiger partial charge in [-0.1, -0.05) is 36.4 Å². The second kappa shape index (κ2) is 5.92. The van der Waals surface area contributed by atoms with Gasteiger partial charge in [-0.25, -0.2) is 9.59 Å². The summed E-state index contributed by atoms with van der Waals surface area (Å²) in [6, 6.07) is 11.2. The number of hydrogen-bond donors (Lipinski definition) is 1. The van der Waals surface area contributed by atoms with E-state index in [4.69, 9.17) is 0 Å². The van der Waals surface area contributed by atoms with Crippen LogP contribution >= 0.6 is 0 Å². The normalized spacial score (nSPS) is 14.5. The van der Waals surface area contributed by atoms with Gasteiger partial charge >= 0.3 is 11.9 Å². The van der Waals surface area contributed by atoms with Crippen LogP contribution in [0.1, 0.15) is 31.8 Å². The van der Waals surface area contributed by atoms with Crippen LogP contribution in [0, 0.1) is 0 Å². The number of cyclic esters (lactones) is 2. The third-order valence-corrected chi connectivity index (χ3v) is 3.49. The van der Waals surface area contributed by atoms with Crippen LogP contribution in [0.25, 0.3) is 0 Å². The molecule has 6 nitrogen and oxygen atoms in total. The number of rotatable bonds is 0. The molecule has 0 fully saturated rings. The van der Waals surface area contributed by atoms with Crippen LogP contribution in [0.3, 0.4) is 0 Å². The number of ketones is 2. The number of fused-ring (bicyclic) bond motifs is 2. The van der Waals surface area contributed by atoms with E-state index in [0.717, 1.165) is 12.2 Å². The van der Waals surface area contributed by atoms with Crippen molar-refractivity contribution in [3.63, 3.8) is 0 Å². The van der Waals surface area contributed by atoms with E-state index in [9.17, 15) is 24.3 Å². The van der Waals surface area contributed by atoms with Crippen molar-refractivity contribution < 1.29 is 29.0 Å². The largest absolute Gasteiger partial charge is 0.507 e. The van der Waals surface area contributed by atoms with E-state index in [0.29, 0.717) is 11.1 Å². The molecule has 0 atom stereocenters. The molecule has 0 radical (unpaired) electrons. The summed E-state index contributed by atoms with van der Waals surface area (Å²) in [6.07, 6.45) is 2.17. The van der Waals surface area contributed by atoms with E-state index in [1.165, 1.54) is 6.07 Å². The van der Waals surface area contributed by atoms with Crippen LogP contribution in [-0.2, 0) is 14.3 Å². The van der Waals surface area contributed by atoms with E-state index in [-0.39, 0.29) is 28.4 Å². The molecule has 0 aromatic heterocycles. The quantitative estimate of drug-likeness (QED) is 0.500. The lowest BCUT2D eigenvalue weighted by Gasteiger charge is -2.17. The van der Waals surface area contributed by atoms with E-state index in [1.54, 1.807) is 36.4 Å². The first-order chi connectivity index (χ1) is 11.5. The zero-order valence-electron chi connectivity index (χ0n) is 12.2. The number of phenolic OH excluding ortho intramolecular Hbond substituents is 1. The number of aromatic hydroxyl groups is 1. The molecule has 24 heavy (non-hydrogen) atoms. The zero-order chi connectivity index (χ0) is 17.3. The molecule has 6 heteroatoms. The van der Waals surface area contributed by atoms with Crippen LogP contribution in [0.4, 0.5) is 0 Å². The monoisotopic (exact) mass is 322 g/mol. The summed E-state index contributed by atoms with van der Waals surface area (Å²) in [5.41, 5.74) is 1.13. The number of esters is 2. The molecular formula is C18H10O6. The van der Waals surface area contributed by atoms with E-state index in [2.05, 4.69) is 4.74 Å². The highest BCUT2D eigenvalue weighted by Crippen LogP contribution is 2.32. The lowest BCUT2D eigenvalue weighted by molar-refractivity contribution is -0.150. The average Bonchev–Trinajstić information content (AvgIpc) is 2.96. The Kier molecular flexibility index (Phi) is 3.79. The van der Waals surface area contributed by atoms with Gasteiger partial charge in [0.05, 0.1) is 5.56 Å². The number of phenols is 1. The lowest BCUT2D eigenvalue weighted by Crippen LogP contribution is -2.20. The SMILES string of the molecule is O=C1C=CC(=O)O1.O=C1c2ccccc2C(=O)c2c(O)cccc21. The molecule has 1 heterocycles. The summed E-state index contributed by atoms with van der Waals surface area (Å²) >= 11 is 0. The number of ether oxygens (including phenoxy) is 1. The summed E-state index contributed by atoms with van der Waals surface area (Å²) < 4.78 is 3.97. The standard InChI is InChI=1S/C14H8O3.C4H2O3/c15-11-7-3-6-10-12(11)14(17)9-5-2-1-4-8(9)13(10)16;5-3-1-2-4(6)7-3/h1-7,15H;1-2H. The third-order valence-electron chi connectivity index (χ3n) is 3.49. The molecule has 2 aromatic rings. The Morgan fingerprint density at radius 1 is 0.667 bits per heavy atom. The van der Waals surface area contributed by atoms with Crippen molar-refractivity contribution in [1.82, 2.24) is 0 Å². The van der Waals surface area contributed by atoms with Crippen molar-refractivity contribution in [3.8, 4) is 5.75 Å². The van der Waals surface area contributed by atoms with Gasteiger partial charge in [-0.15, -0.1) is 0 Å². The summed E-state index contributed by atoms with van der Waals surface area (Å²) in [7, 11) is 0. The molecule has 0 unspecified atom stereocenters. The van der Waals surface area contributed by atoms with Crippen LogP contribution < -0.4 is 0 Å². The Morgan fingerprint density at radius 2 is 1.21 bits per heavy atom. The Bertz CT molecular complexity index is 907. The summed E-state index contributed by atoms with van der Waals surface area (Å²) in [5.74, 6) is -1.82. The van der Waals surface area contributed by atoms with Gasteiger partial charge in [-0.2, -0.15) is 0 Å². The Hall–Kier alpha value is -3.54. The van der Waals surface area contributed by atoms with Gasteiger partial charge in [0.1, 0.15) is 5.75 Å². The predicted molar refractivity (Wildman–Crippen MR) is 81.7 cm³/mol. The minimum absolute atomic E-state index is 0.108. The molecule has 4 rings (SSSR count). The van der Waals surface area contributed by atoms with Crippen LogP contribution in [0.2, 0.25) is 0 Å². The maximum Gasteiger partial charge on any atom is 0.338 e. The molecule has 1 aliphatic heterocycles. The molecule has 0 bridgehead atoms. The molecule has 0 saturated heterocycles. The Morgan fingerprint density at radius 3 is 1.75 bits per heavy atom. The third kappa shape index (κ3) is 2.61. The van der Waals surface area contributed by atoms with Crippen molar-refractivity contribution in [1.29, 1.82) is 0 Å². The van der Waals surface area contributed by atoms with Gasteiger partial charge in [0, 0.05) is 28.8 Å². The summed E-state index contributed by atoms with van der Waals surface area (Å²) in [6.45, 7) is 0. The van der Waals surface area contributed by atoms with Gasteiger partial charge in [0.15, 0.2) is 11.6 Å². The fourth-order valence-corrected chi connectivity index (χ4v) is 2.43. The number of benzene rings is 2. The fraction of sp³-hybridized carbons (Fsp3) is 0. The first-order valence-electron chi connectivity index (χ1n) is 6.93. The van der Waals surface area contributed by atoms with Crippen molar-refractivity contribution in [2.45, 2.75) is 0 Å². The average molecular weight is 322 g/mol. The molecule has 118 valence electrons. The Labute approximate surface area is 136 Å². The van der Waals surface area contributed by atoms with Crippen molar-refractivity contribution in [2.24, 2.45) is 0 Å². The van der Waals surface area contributed by atoms with E-state index < -0.39 is 11.9 Å². The highest BCUT2D eigenvalue weighted by atomic mass is 16.6. The molecule has 1 aliphatic carbocycles. The maximum atomic E-state index is 12.2. The van der Waals surface area contributed by atoms with Gasteiger partial charge in [-0.05, 0) is 6.07 Å². The minimum atomic E-state index is -0.579. The first kappa shape index (κ1) is 15.4. The van der Waals surface area contributed by atoms with Crippen molar-refractivity contribution >= 4 is 23.5 Å². The number of carbonyl (C=O) groups is 4. The van der Waals surface area contributed by atoms with Crippen LogP contribution in [0.5, 0.6) is 5.75 Å². The molecule has 0 spiro atoms. The summed E-state index contributed by atoms with van der Waals surface area (Å²) in [4.78, 5) is 44.2. The van der Waals surface area contributed by atoms with Gasteiger partial charge in [0.2, 0.25) is 0 Å². The number of carbonyl (C=O) groups excluding carboxylic acids is 4. The minimum Gasteiger partial charge on any atom is -0.507 e. The number of hydrogen-bond acceptors (Lipinski definition) is 6. The van der Waals surface area contributed by atoms with Crippen LogP contribution in [-0.4, -0.2) is 28.6 Å². The predicted octanol–water partition coefficient (Wildman–Crippen LogP) is 1.79. The first-order valence-corrected chi connectivity index (χ1v) is 6.93. The van der Waals surface area contributed by atoms with Gasteiger partial charge in [0.25, 0.3) is 0 Å². The van der Waals surface area contributed by atoms with Gasteiger partial charge in [-0.3, -0.25) is 9.59 Å². The Balaban J connectivity index is 0.000000203. The second-order valence-electron chi connectivity index (χ2n) is 4.98. The molecule has 1 N–H and O–H groups in total. The highest BCUT2D eigenvalue weighted by Gasteiger charge is 2.31. The molecule has 0 saturated carbocycles. The second-order valence-corrected chi connectivity index (χ2v) is 4.98. The maximum absolute atomic E-state index is 12.2. The van der Waals surface area contributed by atoms with Crippen molar-refractivity contribution in [3.05, 3.63) is 76.9 Å². The highest BCUT2D eigenvalue weighted by molar-refractivity contribution is 6.29. The molecule has 2 aromatic carbocycles. The topological polar surface area (TPSA) is 97.7 Å². The summed E-state index contributed by atoms with van der Waals surface area (Å²) in [5, 5.41) is 9.70. The van der Waals surface area contributed by atoms with E-state index >= 15 is 0 Å². The zero-order valence-corrected chi connectivity index (χ0v) is 12.2. The van der Waals surface area contributed by atoms with Crippen LogP contribution in [0.15, 0.2) is 54.6 Å². The van der Waals surface area contributed by atoms with Gasteiger partial charge < -0.3 is 9.84 Å². The molecule has 2 aliphatic rings. The fourth-order valence-electron chi connectivity index (χ4n) is 2.43. The van der Waals surface area contributed by atoms with E-state index in [1.807, 2.05) is 0 Å². The van der Waals surface area contributed by atoms with Crippen molar-refractivity contribution in [2.75, 3.05) is 0 Å².